The maximum absolute atomic E-state index is 6.41. The summed E-state index contributed by atoms with van der Waals surface area (Å²) in [6, 6.07) is 16.0. The van der Waals surface area contributed by atoms with Crippen LogP contribution < -0.4 is 5.73 Å². The minimum Gasteiger partial charge on any atom is -0.321 e. The fourth-order valence-corrected chi connectivity index (χ4v) is 2.72. The summed E-state index contributed by atoms with van der Waals surface area (Å²) in [5, 5.41) is 0.747. The molecule has 0 spiro atoms. The van der Waals surface area contributed by atoms with Crippen LogP contribution in [0.15, 0.2) is 53.0 Å². The number of hydrogen-bond donors (Lipinski definition) is 1. The van der Waals surface area contributed by atoms with Crippen molar-refractivity contribution in [1.82, 2.24) is 0 Å². The van der Waals surface area contributed by atoms with E-state index in [1.165, 1.54) is 0 Å². The zero-order valence-electron chi connectivity index (χ0n) is 10.2. The van der Waals surface area contributed by atoms with E-state index >= 15 is 0 Å². The lowest BCUT2D eigenvalue weighted by Gasteiger charge is -2.26. The molecule has 2 N–H and O–H groups in total. The first-order valence-electron chi connectivity index (χ1n) is 5.77. The van der Waals surface area contributed by atoms with E-state index in [0.717, 1.165) is 20.6 Å². The van der Waals surface area contributed by atoms with Gasteiger partial charge in [-0.05, 0) is 36.6 Å². The van der Waals surface area contributed by atoms with Crippen LogP contribution in [0.5, 0.6) is 0 Å². The largest absolute Gasteiger partial charge is 0.321 e. The number of nitrogens with two attached hydrogens (primary N) is 1. The summed E-state index contributed by atoms with van der Waals surface area (Å²) in [5.74, 6) is 0. The zero-order valence-corrected chi connectivity index (χ0v) is 12.5. The Morgan fingerprint density at radius 3 is 2.44 bits per heavy atom. The highest BCUT2D eigenvalue weighted by Crippen LogP contribution is 2.28. The van der Waals surface area contributed by atoms with E-state index in [0.29, 0.717) is 6.42 Å². The van der Waals surface area contributed by atoms with Crippen LogP contribution >= 0.6 is 27.5 Å². The molecular formula is C15H15BrClN. The molecule has 0 aliphatic carbocycles. The van der Waals surface area contributed by atoms with Gasteiger partial charge in [-0.25, -0.2) is 0 Å². The van der Waals surface area contributed by atoms with Gasteiger partial charge in [-0.2, -0.15) is 0 Å². The van der Waals surface area contributed by atoms with Crippen LogP contribution in [0.3, 0.4) is 0 Å². The second kappa shape index (κ2) is 5.43. The summed E-state index contributed by atoms with van der Waals surface area (Å²) < 4.78 is 0.981. The third-order valence-corrected chi connectivity index (χ3v) is 3.85. The van der Waals surface area contributed by atoms with Crippen molar-refractivity contribution in [2.24, 2.45) is 5.73 Å². The summed E-state index contributed by atoms with van der Waals surface area (Å²) >= 11 is 9.64. The maximum atomic E-state index is 6.41. The fourth-order valence-electron chi connectivity index (χ4n) is 1.98. The van der Waals surface area contributed by atoms with Gasteiger partial charge >= 0.3 is 0 Å². The number of benzene rings is 2. The monoisotopic (exact) mass is 323 g/mol. The topological polar surface area (TPSA) is 26.0 Å². The summed E-state index contributed by atoms with van der Waals surface area (Å²) in [6.07, 6.45) is 0.711. The highest BCUT2D eigenvalue weighted by atomic mass is 79.9. The molecular weight excluding hydrogens is 310 g/mol. The van der Waals surface area contributed by atoms with Gasteiger partial charge in [-0.1, -0.05) is 63.9 Å². The Morgan fingerprint density at radius 1 is 1.17 bits per heavy atom. The van der Waals surface area contributed by atoms with Crippen LogP contribution in [0.2, 0.25) is 5.02 Å². The van der Waals surface area contributed by atoms with Crippen LogP contribution in [0, 0.1) is 0 Å². The van der Waals surface area contributed by atoms with Gasteiger partial charge < -0.3 is 5.73 Å². The first-order valence-corrected chi connectivity index (χ1v) is 6.94. The molecule has 0 aliphatic rings. The molecule has 0 heterocycles. The van der Waals surface area contributed by atoms with Crippen molar-refractivity contribution in [1.29, 1.82) is 0 Å². The van der Waals surface area contributed by atoms with Crippen LogP contribution in [-0.2, 0) is 12.0 Å². The Bertz CT molecular complexity index is 537. The molecule has 0 fully saturated rings. The van der Waals surface area contributed by atoms with Gasteiger partial charge in [0.15, 0.2) is 0 Å². The van der Waals surface area contributed by atoms with Crippen molar-refractivity contribution in [2.75, 3.05) is 0 Å². The van der Waals surface area contributed by atoms with Gasteiger partial charge in [0.25, 0.3) is 0 Å². The molecule has 1 unspecified atom stereocenters. The molecule has 2 rings (SSSR count). The predicted octanol–water partition coefficient (Wildman–Crippen LogP) is 4.52. The molecule has 0 aromatic heterocycles. The highest BCUT2D eigenvalue weighted by molar-refractivity contribution is 9.10. The van der Waals surface area contributed by atoms with Gasteiger partial charge in [-0.3, -0.25) is 0 Å². The molecule has 2 aromatic carbocycles. The molecule has 0 saturated carbocycles. The predicted molar refractivity (Wildman–Crippen MR) is 80.8 cm³/mol. The van der Waals surface area contributed by atoms with Crippen molar-refractivity contribution < 1.29 is 0 Å². The van der Waals surface area contributed by atoms with Gasteiger partial charge in [-0.15, -0.1) is 0 Å². The van der Waals surface area contributed by atoms with Crippen molar-refractivity contribution in [2.45, 2.75) is 18.9 Å². The number of halogens is 2. The van der Waals surface area contributed by atoms with Crippen LogP contribution in [-0.4, -0.2) is 0 Å². The molecule has 0 saturated heterocycles. The van der Waals surface area contributed by atoms with Crippen LogP contribution in [0.4, 0.5) is 0 Å². The Kier molecular flexibility index (Phi) is 4.10. The van der Waals surface area contributed by atoms with E-state index in [9.17, 15) is 0 Å². The molecule has 0 aliphatic heterocycles. The molecule has 1 nitrogen and oxygen atoms in total. The smallest absolute Gasteiger partial charge is 0.0450 e. The van der Waals surface area contributed by atoms with Gasteiger partial charge in [0.2, 0.25) is 0 Å². The van der Waals surface area contributed by atoms with Gasteiger partial charge in [0.1, 0.15) is 0 Å². The molecule has 94 valence electrons. The second-order valence-electron chi connectivity index (χ2n) is 4.70. The first-order chi connectivity index (χ1) is 8.49. The first kappa shape index (κ1) is 13.6. The molecule has 18 heavy (non-hydrogen) atoms. The second-order valence-corrected chi connectivity index (χ2v) is 6.02. The van der Waals surface area contributed by atoms with Crippen molar-refractivity contribution in [3.05, 3.63) is 69.2 Å². The molecule has 0 amide bonds. The Labute approximate surface area is 121 Å². The average molecular weight is 325 g/mol. The van der Waals surface area contributed by atoms with Crippen LogP contribution in [0.1, 0.15) is 18.1 Å². The van der Waals surface area contributed by atoms with Gasteiger partial charge in [0, 0.05) is 15.0 Å². The van der Waals surface area contributed by atoms with Crippen molar-refractivity contribution >= 4 is 27.5 Å². The molecule has 3 heteroatoms. The van der Waals surface area contributed by atoms with Gasteiger partial charge in [0.05, 0.1) is 0 Å². The Balaban J connectivity index is 2.28. The standard InChI is InChI=1S/C15H15BrClN/c1-15(18,12-5-3-2-4-6-12)10-11-7-8-13(16)9-14(11)17/h2-9H,10,18H2,1H3. The third-order valence-electron chi connectivity index (χ3n) is 3.01. The van der Waals surface area contributed by atoms with E-state index in [-0.39, 0.29) is 0 Å². The summed E-state index contributed by atoms with van der Waals surface area (Å²) in [4.78, 5) is 0. The minimum atomic E-state index is -0.418. The van der Waals surface area contributed by atoms with E-state index in [4.69, 9.17) is 17.3 Å². The molecule has 0 radical (unpaired) electrons. The normalized spacial score (nSPS) is 14.2. The lowest BCUT2D eigenvalue weighted by atomic mass is 9.87. The van der Waals surface area contributed by atoms with E-state index in [1.807, 2.05) is 55.5 Å². The Morgan fingerprint density at radius 2 is 1.83 bits per heavy atom. The maximum Gasteiger partial charge on any atom is 0.0450 e. The minimum absolute atomic E-state index is 0.418. The lowest BCUT2D eigenvalue weighted by Crippen LogP contribution is -2.35. The highest BCUT2D eigenvalue weighted by Gasteiger charge is 2.22. The van der Waals surface area contributed by atoms with Crippen molar-refractivity contribution in [3.63, 3.8) is 0 Å². The summed E-state index contributed by atoms with van der Waals surface area (Å²) in [5.41, 5.74) is 8.17. The number of hydrogen-bond acceptors (Lipinski definition) is 1. The van der Waals surface area contributed by atoms with E-state index in [2.05, 4.69) is 15.9 Å². The fraction of sp³-hybridized carbons (Fsp3) is 0.200. The average Bonchev–Trinajstić information content (AvgIpc) is 2.34. The molecule has 0 bridgehead atoms. The Hall–Kier alpha value is -0.830. The van der Waals surface area contributed by atoms with E-state index in [1.54, 1.807) is 0 Å². The summed E-state index contributed by atoms with van der Waals surface area (Å²) in [7, 11) is 0. The lowest BCUT2D eigenvalue weighted by molar-refractivity contribution is 0.491. The zero-order chi connectivity index (χ0) is 13.2. The van der Waals surface area contributed by atoms with Crippen LogP contribution in [0.25, 0.3) is 0 Å². The SMILES string of the molecule is CC(N)(Cc1ccc(Br)cc1Cl)c1ccccc1. The molecule has 2 aromatic rings. The van der Waals surface area contributed by atoms with E-state index < -0.39 is 5.54 Å². The number of rotatable bonds is 3. The molecule has 1 atom stereocenters. The third kappa shape index (κ3) is 3.14. The van der Waals surface area contributed by atoms with Crippen molar-refractivity contribution in [3.8, 4) is 0 Å². The summed E-state index contributed by atoms with van der Waals surface area (Å²) in [6.45, 7) is 2.03. The quantitative estimate of drug-likeness (QED) is 0.882.